The Bertz CT molecular complexity index is 760. The summed E-state index contributed by atoms with van der Waals surface area (Å²) in [5.74, 6) is 1.62. The highest BCUT2D eigenvalue weighted by Gasteiger charge is 2.25. The number of hydrogen-bond donors (Lipinski definition) is 1. The van der Waals surface area contributed by atoms with Crippen LogP contribution in [0.1, 0.15) is 44.9 Å². The lowest BCUT2D eigenvalue weighted by Crippen LogP contribution is -2.40. The zero-order chi connectivity index (χ0) is 18.5. The maximum Gasteiger partial charge on any atom is 0.220 e. The van der Waals surface area contributed by atoms with Crippen LogP contribution in [0.2, 0.25) is 0 Å². The Morgan fingerprint density at radius 2 is 1.93 bits per heavy atom. The highest BCUT2D eigenvalue weighted by Crippen LogP contribution is 2.29. The fraction of sp³-hybridized carbons (Fsp3) is 0.545. The van der Waals surface area contributed by atoms with E-state index in [0.717, 1.165) is 68.3 Å². The molecule has 1 N–H and O–H groups in total. The average molecular weight is 368 g/mol. The van der Waals surface area contributed by atoms with E-state index in [1.165, 1.54) is 0 Å². The standard InChI is InChI=1S/C22H28N2O3/c25-22(14-16-9-12-26-13-10-16)24-18-4-6-19(7-5-18)27-21-3-1-2-17-15-23-11-8-20(17)21/h1-3,8,11,15-16,18-19H,4-7,9-10,12-14H2,(H,24,25). The second-order valence-electron chi connectivity index (χ2n) is 7.77. The molecule has 1 saturated heterocycles. The highest BCUT2D eigenvalue weighted by molar-refractivity contribution is 5.87. The van der Waals surface area contributed by atoms with Crippen molar-refractivity contribution < 1.29 is 14.3 Å². The van der Waals surface area contributed by atoms with Crippen molar-refractivity contribution >= 4 is 16.7 Å². The first-order chi connectivity index (χ1) is 13.3. The molecular weight excluding hydrogens is 340 g/mol. The number of carbonyl (C=O) groups is 1. The molecule has 2 aliphatic rings. The van der Waals surface area contributed by atoms with Crippen LogP contribution in [-0.2, 0) is 9.53 Å². The van der Waals surface area contributed by atoms with Gasteiger partial charge in [0.15, 0.2) is 0 Å². The van der Waals surface area contributed by atoms with Gasteiger partial charge in [-0.1, -0.05) is 12.1 Å². The monoisotopic (exact) mass is 368 g/mol. The number of hydrogen-bond acceptors (Lipinski definition) is 4. The van der Waals surface area contributed by atoms with Crippen LogP contribution in [-0.4, -0.2) is 36.3 Å². The molecule has 1 aliphatic heterocycles. The third-order valence-electron chi connectivity index (χ3n) is 5.79. The quantitative estimate of drug-likeness (QED) is 0.871. The van der Waals surface area contributed by atoms with Gasteiger partial charge in [0.05, 0.1) is 6.10 Å². The van der Waals surface area contributed by atoms with E-state index < -0.39 is 0 Å². The lowest BCUT2D eigenvalue weighted by atomic mass is 9.91. The van der Waals surface area contributed by atoms with E-state index in [1.54, 1.807) is 6.20 Å². The molecule has 0 spiro atoms. The van der Waals surface area contributed by atoms with Gasteiger partial charge in [0.25, 0.3) is 0 Å². The third-order valence-corrected chi connectivity index (χ3v) is 5.79. The van der Waals surface area contributed by atoms with Crippen molar-refractivity contribution in [2.24, 2.45) is 5.92 Å². The number of rotatable bonds is 5. The SMILES string of the molecule is O=C(CC1CCOCC1)NC1CCC(Oc2cccc3cnccc23)CC1. The van der Waals surface area contributed by atoms with E-state index in [1.807, 2.05) is 24.4 Å². The van der Waals surface area contributed by atoms with Crippen LogP contribution >= 0.6 is 0 Å². The van der Waals surface area contributed by atoms with Gasteiger partial charge in [0.2, 0.25) is 5.91 Å². The van der Waals surface area contributed by atoms with Gasteiger partial charge < -0.3 is 14.8 Å². The second kappa shape index (κ2) is 8.70. The lowest BCUT2D eigenvalue weighted by molar-refractivity contribution is -0.123. The van der Waals surface area contributed by atoms with Gasteiger partial charge in [-0.25, -0.2) is 0 Å². The molecule has 5 nitrogen and oxygen atoms in total. The van der Waals surface area contributed by atoms with Crippen molar-refractivity contribution in [1.29, 1.82) is 0 Å². The molecule has 1 amide bonds. The average Bonchev–Trinajstić information content (AvgIpc) is 2.70. The van der Waals surface area contributed by atoms with Gasteiger partial charge in [-0.15, -0.1) is 0 Å². The summed E-state index contributed by atoms with van der Waals surface area (Å²) in [5, 5.41) is 5.45. The van der Waals surface area contributed by atoms with Crippen molar-refractivity contribution in [2.45, 2.75) is 57.1 Å². The number of aromatic nitrogens is 1. The Hall–Kier alpha value is -2.14. The molecule has 2 fully saturated rings. The molecule has 1 aliphatic carbocycles. The van der Waals surface area contributed by atoms with Crippen LogP contribution in [0.25, 0.3) is 10.8 Å². The van der Waals surface area contributed by atoms with Crippen LogP contribution in [0.3, 0.4) is 0 Å². The second-order valence-corrected chi connectivity index (χ2v) is 7.77. The molecule has 2 heterocycles. The van der Waals surface area contributed by atoms with Crippen LogP contribution in [0.4, 0.5) is 0 Å². The minimum absolute atomic E-state index is 0.202. The first kappa shape index (κ1) is 18.2. The number of amides is 1. The molecule has 0 bridgehead atoms. The summed E-state index contributed by atoms with van der Waals surface area (Å²) in [6, 6.07) is 8.40. The summed E-state index contributed by atoms with van der Waals surface area (Å²) in [4.78, 5) is 16.5. The van der Waals surface area contributed by atoms with Crippen LogP contribution in [0, 0.1) is 5.92 Å². The molecule has 2 aromatic rings. The first-order valence-corrected chi connectivity index (χ1v) is 10.1. The van der Waals surface area contributed by atoms with E-state index >= 15 is 0 Å². The summed E-state index contributed by atoms with van der Waals surface area (Å²) in [7, 11) is 0. The Kier molecular flexibility index (Phi) is 5.87. The molecule has 4 rings (SSSR count). The maximum absolute atomic E-state index is 12.3. The van der Waals surface area contributed by atoms with Gasteiger partial charge in [-0.05, 0) is 56.6 Å². The largest absolute Gasteiger partial charge is 0.490 e. The van der Waals surface area contributed by atoms with E-state index in [4.69, 9.17) is 9.47 Å². The van der Waals surface area contributed by atoms with Crippen molar-refractivity contribution in [3.05, 3.63) is 36.7 Å². The lowest BCUT2D eigenvalue weighted by Gasteiger charge is -2.30. The maximum atomic E-state index is 12.3. The van der Waals surface area contributed by atoms with Gasteiger partial charge in [-0.3, -0.25) is 9.78 Å². The number of nitrogens with one attached hydrogen (secondary N) is 1. The highest BCUT2D eigenvalue weighted by atomic mass is 16.5. The van der Waals surface area contributed by atoms with Crippen molar-refractivity contribution in [1.82, 2.24) is 10.3 Å². The number of benzene rings is 1. The summed E-state index contributed by atoms with van der Waals surface area (Å²) >= 11 is 0. The van der Waals surface area contributed by atoms with Gasteiger partial charge in [0.1, 0.15) is 5.75 Å². The number of carbonyl (C=O) groups excluding carboxylic acids is 1. The number of nitrogens with zero attached hydrogens (tertiary/aromatic N) is 1. The molecule has 1 saturated carbocycles. The zero-order valence-electron chi connectivity index (χ0n) is 15.7. The number of ether oxygens (including phenoxy) is 2. The Balaban J connectivity index is 1.25. The Morgan fingerprint density at radius 3 is 2.74 bits per heavy atom. The molecule has 1 aromatic heterocycles. The van der Waals surface area contributed by atoms with E-state index in [-0.39, 0.29) is 18.1 Å². The van der Waals surface area contributed by atoms with E-state index in [0.29, 0.717) is 12.3 Å². The predicted octanol–water partition coefficient (Wildman–Crippen LogP) is 3.86. The Morgan fingerprint density at radius 1 is 1.11 bits per heavy atom. The smallest absolute Gasteiger partial charge is 0.220 e. The summed E-state index contributed by atoms with van der Waals surface area (Å²) in [5.41, 5.74) is 0. The van der Waals surface area contributed by atoms with Crippen molar-refractivity contribution in [3.63, 3.8) is 0 Å². The van der Waals surface area contributed by atoms with Crippen LogP contribution in [0.5, 0.6) is 5.75 Å². The molecule has 0 radical (unpaired) electrons. The topological polar surface area (TPSA) is 60.5 Å². The molecular formula is C22H28N2O3. The Labute approximate surface area is 160 Å². The zero-order valence-corrected chi connectivity index (χ0v) is 15.7. The van der Waals surface area contributed by atoms with Gasteiger partial charge in [-0.2, -0.15) is 0 Å². The molecule has 144 valence electrons. The van der Waals surface area contributed by atoms with E-state index in [9.17, 15) is 4.79 Å². The summed E-state index contributed by atoms with van der Waals surface area (Å²) in [6.07, 6.45) is 10.5. The minimum Gasteiger partial charge on any atom is -0.490 e. The number of pyridine rings is 1. The molecule has 0 atom stereocenters. The van der Waals surface area contributed by atoms with Crippen molar-refractivity contribution in [3.8, 4) is 5.75 Å². The molecule has 27 heavy (non-hydrogen) atoms. The fourth-order valence-corrected chi connectivity index (χ4v) is 4.20. The molecule has 0 unspecified atom stereocenters. The van der Waals surface area contributed by atoms with Gasteiger partial charge in [0, 0.05) is 48.8 Å². The summed E-state index contributed by atoms with van der Waals surface area (Å²) < 4.78 is 11.7. The van der Waals surface area contributed by atoms with E-state index in [2.05, 4.69) is 16.4 Å². The normalized spacial score (nSPS) is 23.9. The molecule has 5 heteroatoms. The summed E-state index contributed by atoms with van der Waals surface area (Å²) in [6.45, 7) is 1.59. The van der Waals surface area contributed by atoms with Crippen LogP contribution < -0.4 is 10.1 Å². The van der Waals surface area contributed by atoms with Crippen molar-refractivity contribution in [2.75, 3.05) is 13.2 Å². The minimum atomic E-state index is 0.202. The third kappa shape index (κ3) is 4.78. The first-order valence-electron chi connectivity index (χ1n) is 10.1. The fourth-order valence-electron chi connectivity index (χ4n) is 4.20. The molecule has 1 aromatic carbocycles. The van der Waals surface area contributed by atoms with Crippen LogP contribution in [0.15, 0.2) is 36.7 Å². The van der Waals surface area contributed by atoms with Gasteiger partial charge >= 0.3 is 0 Å². The predicted molar refractivity (Wildman–Crippen MR) is 105 cm³/mol. The number of fused-ring (bicyclic) bond motifs is 1.